The summed E-state index contributed by atoms with van der Waals surface area (Å²) in [5.74, 6) is 0.775. The Labute approximate surface area is 104 Å². The summed E-state index contributed by atoms with van der Waals surface area (Å²) in [5, 5.41) is 3.48. The molecule has 2 atom stereocenters. The fourth-order valence-electron chi connectivity index (χ4n) is 2.18. The lowest BCUT2D eigenvalue weighted by molar-refractivity contribution is 0.428. The predicted molar refractivity (Wildman–Crippen MR) is 74.3 cm³/mol. The quantitative estimate of drug-likeness (QED) is 0.761. The van der Waals surface area contributed by atoms with Gasteiger partial charge in [-0.1, -0.05) is 20.8 Å². The summed E-state index contributed by atoms with van der Waals surface area (Å²) < 4.78 is 0. The molecule has 0 saturated carbocycles. The molecule has 0 spiro atoms. The minimum Gasteiger partial charge on any atom is -0.315 e. The lowest BCUT2D eigenvalue weighted by Gasteiger charge is -2.17. The highest BCUT2D eigenvalue weighted by atomic mass is 32.1. The zero-order chi connectivity index (χ0) is 12.0. The van der Waals surface area contributed by atoms with E-state index in [0.29, 0.717) is 6.04 Å². The average molecular weight is 239 g/mol. The Balaban J connectivity index is 2.35. The van der Waals surface area contributed by atoms with Crippen molar-refractivity contribution in [1.82, 2.24) is 5.32 Å². The van der Waals surface area contributed by atoms with E-state index in [4.69, 9.17) is 0 Å². The zero-order valence-electron chi connectivity index (χ0n) is 11.0. The van der Waals surface area contributed by atoms with Crippen LogP contribution in [0.1, 0.15) is 43.9 Å². The Morgan fingerprint density at radius 1 is 1.19 bits per heavy atom. The molecule has 0 aliphatic carbocycles. The van der Waals surface area contributed by atoms with Gasteiger partial charge in [0.1, 0.15) is 0 Å². The molecule has 0 saturated heterocycles. The van der Waals surface area contributed by atoms with Gasteiger partial charge in [0.05, 0.1) is 0 Å². The molecular weight excluding hydrogens is 214 g/mol. The average Bonchev–Trinajstić information content (AvgIpc) is 2.65. The Bertz CT molecular complexity index is 293. The number of thiophene rings is 1. The highest BCUT2D eigenvalue weighted by Gasteiger charge is 2.09. The first-order chi connectivity index (χ1) is 7.65. The van der Waals surface area contributed by atoms with Crippen LogP contribution in [-0.2, 0) is 12.8 Å². The van der Waals surface area contributed by atoms with E-state index in [9.17, 15) is 0 Å². The third kappa shape index (κ3) is 4.67. The standard InChI is InChI=1S/C14H25NS/c1-5-13-7-8-14(16-13)10-11(3)9-12(4)15-6-2/h7-8,11-12,15H,5-6,9-10H2,1-4H3. The first-order valence-corrected chi connectivity index (χ1v) is 7.28. The van der Waals surface area contributed by atoms with Crippen molar-refractivity contribution in [2.24, 2.45) is 5.92 Å². The van der Waals surface area contributed by atoms with E-state index in [-0.39, 0.29) is 0 Å². The Morgan fingerprint density at radius 3 is 2.44 bits per heavy atom. The lowest BCUT2D eigenvalue weighted by atomic mass is 9.98. The van der Waals surface area contributed by atoms with Crippen molar-refractivity contribution >= 4 is 11.3 Å². The van der Waals surface area contributed by atoms with Crippen molar-refractivity contribution in [2.45, 2.75) is 53.0 Å². The maximum Gasteiger partial charge on any atom is 0.00508 e. The van der Waals surface area contributed by atoms with Gasteiger partial charge in [-0.3, -0.25) is 0 Å². The maximum absolute atomic E-state index is 3.48. The van der Waals surface area contributed by atoms with E-state index in [1.165, 1.54) is 24.1 Å². The van der Waals surface area contributed by atoms with Crippen molar-refractivity contribution < 1.29 is 0 Å². The van der Waals surface area contributed by atoms with E-state index >= 15 is 0 Å². The first-order valence-electron chi connectivity index (χ1n) is 6.46. The Morgan fingerprint density at radius 2 is 1.88 bits per heavy atom. The molecule has 0 fully saturated rings. The van der Waals surface area contributed by atoms with Gasteiger partial charge in [-0.05, 0) is 50.8 Å². The van der Waals surface area contributed by atoms with Crippen LogP contribution in [0.3, 0.4) is 0 Å². The van der Waals surface area contributed by atoms with E-state index in [1.54, 1.807) is 4.88 Å². The normalized spacial score (nSPS) is 15.0. The van der Waals surface area contributed by atoms with Crippen LogP contribution >= 0.6 is 11.3 Å². The van der Waals surface area contributed by atoms with Gasteiger partial charge < -0.3 is 5.32 Å². The second-order valence-corrected chi connectivity index (χ2v) is 5.98. The molecule has 0 radical (unpaired) electrons. The van der Waals surface area contributed by atoms with Gasteiger partial charge in [0.25, 0.3) is 0 Å². The third-order valence-electron chi connectivity index (χ3n) is 2.92. The van der Waals surface area contributed by atoms with E-state index < -0.39 is 0 Å². The van der Waals surface area contributed by atoms with Crippen LogP contribution in [-0.4, -0.2) is 12.6 Å². The summed E-state index contributed by atoms with van der Waals surface area (Å²) in [4.78, 5) is 3.06. The Kier molecular flexibility index (Phi) is 6.07. The molecule has 0 aromatic carbocycles. The summed E-state index contributed by atoms with van der Waals surface area (Å²) in [5.41, 5.74) is 0. The lowest BCUT2D eigenvalue weighted by Crippen LogP contribution is -2.27. The molecule has 1 nitrogen and oxygen atoms in total. The smallest absolute Gasteiger partial charge is 0.00508 e. The van der Waals surface area contributed by atoms with Gasteiger partial charge in [-0.15, -0.1) is 11.3 Å². The maximum atomic E-state index is 3.48. The van der Waals surface area contributed by atoms with Crippen LogP contribution in [0.5, 0.6) is 0 Å². The molecule has 1 N–H and O–H groups in total. The summed E-state index contributed by atoms with van der Waals surface area (Å²) in [6, 6.07) is 5.23. The molecular formula is C14H25NS. The monoisotopic (exact) mass is 239 g/mol. The third-order valence-corrected chi connectivity index (χ3v) is 4.18. The second-order valence-electron chi connectivity index (χ2n) is 4.73. The number of hydrogen-bond acceptors (Lipinski definition) is 2. The summed E-state index contributed by atoms with van der Waals surface area (Å²) in [6.07, 6.45) is 3.68. The van der Waals surface area contributed by atoms with E-state index in [1.807, 2.05) is 11.3 Å². The summed E-state index contributed by atoms with van der Waals surface area (Å²) in [6.45, 7) is 10.1. The topological polar surface area (TPSA) is 12.0 Å². The largest absolute Gasteiger partial charge is 0.315 e. The molecule has 2 unspecified atom stereocenters. The highest BCUT2D eigenvalue weighted by Crippen LogP contribution is 2.22. The Hall–Kier alpha value is -0.340. The van der Waals surface area contributed by atoms with Crippen LogP contribution in [0.4, 0.5) is 0 Å². The van der Waals surface area contributed by atoms with Crippen LogP contribution in [0.2, 0.25) is 0 Å². The number of hydrogen-bond donors (Lipinski definition) is 1. The van der Waals surface area contributed by atoms with Crippen LogP contribution < -0.4 is 5.32 Å². The van der Waals surface area contributed by atoms with Crippen molar-refractivity contribution in [3.05, 3.63) is 21.9 Å². The summed E-state index contributed by atoms with van der Waals surface area (Å²) >= 11 is 1.98. The molecule has 0 amide bonds. The zero-order valence-corrected chi connectivity index (χ0v) is 11.9. The molecule has 0 aliphatic rings. The predicted octanol–water partition coefficient (Wildman–Crippen LogP) is 3.88. The van der Waals surface area contributed by atoms with E-state index in [2.05, 4.69) is 45.1 Å². The van der Waals surface area contributed by atoms with E-state index in [0.717, 1.165) is 12.5 Å². The molecule has 0 aliphatic heterocycles. The van der Waals surface area contributed by atoms with Gasteiger partial charge in [0, 0.05) is 15.8 Å². The van der Waals surface area contributed by atoms with Crippen LogP contribution in [0.15, 0.2) is 12.1 Å². The van der Waals surface area contributed by atoms with Crippen molar-refractivity contribution in [3.63, 3.8) is 0 Å². The number of nitrogens with one attached hydrogen (secondary N) is 1. The molecule has 1 aromatic heterocycles. The van der Waals surface area contributed by atoms with Crippen molar-refractivity contribution in [3.8, 4) is 0 Å². The van der Waals surface area contributed by atoms with Crippen LogP contribution in [0, 0.1) is 5.92 Å². The molecule has 0 bridgehead atoms. The van der Waals surface area contributed by atoms with Crippen LogP contribution in [0.25, 0.3) is 0 Å². The van der Waals surface area contributed by atoms with Gasteiger partial charge in [-0.25, -0.2) is 0 Å². The molecule has 92 valence electrons. The van der Waals surface area contributed by atoms with Gasteiger partial charge in [-0.2, -0.15) is 0 Å². The number of aryl methyl sites for hydroxylation is 1. The molecule has 16 heavy (non-hydrogen) atoms. The van der Waals surface area contributed by atoms with Crippen molar-refractivity contribution in [1.29, 1.82) is 0 Å². The summed E-state index contributed by atoms with van der Waals surface area (Å²) in [7, 11) is 0. The van der Waals surface area contributed by atoms with Gasteiger partial charge >= 0.3 is 0 Å². The molecule has 1 aromatic rings. The molecule has 1 heterocycles. The fraction of sp³-hybridized carbons (Fsp3) is 0.714. The first kappa shape index (κ1) is 13.7. The van der Waals surface area contributed by atoms with Gasteiger partial charge in [0.15, 0.2) is 0 Å². The molecule has 2 heteroatoms. The fourth-order valence-corrected chi connectivity index (χ4v) is 3.31. The highest BCUT2D eigenvalue weighted by molar-refractivity contribution is 7.11. The van der Waals surface area contributed by atoms with Gasteiger partial charge in [0.2, 0.25) is 0 Å². The minimum atomic E-state index is 0.644. The second kappa shape index (κ2) is 7.08. The minimum absolute atomic E-state index is 0.644. The SMILES string of the molecule is CCNC(C)CC(C)Cc1ccc(CC)s1. The molecule has 1 rings (SSSR count). The van der Waals surface area contributed by atoms with Crippen molar-refractivity contribution in [2.75, 3.05) is 6.54 Å². The number of rotatable bonds is 7.